The SMILES string of the molecule is [C]1=C/C=C\C/C=C\CC/C=C\CCC/1. The molecule has 1 aliphatic rings. The van der Waals surface area contributed by atoms with Gasteiger partial charge in [0.2, 0.25) is 0 Å². The third-order valence-electron chi connectivity index (χ3n) is 2.15. The number of hydrogen-bond donors (Lipinski definition) is 0. The first-order valence-electron chi connectivity index (χ1n) is 5.52. The van der Waals surface area contributed by atoms with Crippen molar-refractivity contribution in [1.29, 1.82) is 0 Å². The van der Waals surface area contributed by atoms with Gasteiger partial charge in [0, 0.05) is 0 Å². The first-order chi connectivity index (χ1) is 7.00. The third kappa shape index (κ3) is 6.47. The fourth-order valence-corrected chi connectivity index (χ4v) is 1.34. The van der Waals surface area contributed by atoms with Gasteiger partial charge in [-0.3, -0.25) is 0 Å². The lowest BCUT2D eigenvalue weighted by atomic mass is 10.2. The van der Waals surface area contributed by atoms with Crippen molar-refractivity contribution < 1.29 is 0 Å². The maximum Gasteiger partial charge on any atom is -0.0166 e. The average Bonchev–Trinajstić information content (AvgIpc) is 2.22. The number of rotatable bonds is 0. The van der Waals surface area contributed by atoms with Crippen molar-refractivity contribution in [2.75, 3.05) is 0 Å². The molecule has 1 aliphatic carbocycles. The van der Waals surface area contributed by atoms with Gasteiger partial charge in [0.15, 0.2) is 0 Å². The minimum absolute atomic E-state index is 1.04. The molecule has 0 atom stereocenters. The Morgan fingerprint density at radius 3 is 2.50 bits per heavy atom. The Bertz CT molecular complexity index is 228. The molecular formula is C14H19. The van der Waals surface area contributed by atoms with Gasteiger partial charge in [-0.05, 0) is 44.6 Å². The van der Waals surface area contributed by atoms with Gasteiger partial charge in [0.25, 0.3) is 0 Å². The summed E-state index contributed by atoms with van der Waals surface area (Å²) < 4.78 is 0. The van der Waals surface area contributed by atoms with Crippen LogP contribution in [-0.2, 0) is 0 Å². The lowest BCUT2D eigenvalue weighted by molar-refractivity contribution is 0.849. The summed E-state index contributed by atoms with van der Waals surface area (Å²) in [5, 5.41) is 0. The molecule has 0 saturated carbocycles. The monoisotopic (exact) mass is 187 g/mol. The van der Waals surface area contributed by atoms with Crippen LogP contribution in [0.5, 0.6) is 0 Å². The summed E-state index contributed by atoms with van der Waals surface area (Å²) in [6, 6.07) is 0. The lowest BCUT2D eigenvalue weighted by Gasteiger charge is -1.91. The maximum atomic E-state index is 3.27. The van der Waals surface area contributed by atoms with Gasteiger partial charge in [0.05, 0.1) is 0 Å². The fourth-order valence-electron chi connectivity index (χ4n) is 1.34. The van der Waals surface area contributed by atoms with Crippen molar-refractivity contribution in [2.45, 2.75) is 38.5 Å². The molecule has 0 nitrogen and oxygen atoms in total. The van der Waals surface area contributed by atoms with Crippen LogP contribution in [-0.4, -0.2) is 0 Å². The maximum absolute atomic E-state index is 3.27. The Kier molecular flexibility index (Phi) is 6.74. The van der Waals surface area contributed by atoms with E-state index in [1.165, 1.54) is 25.7 Å². The molecule has 0 heterocycles. The smallest absolute Gasteiger partial charge is 0.0166 e. The molecule has 0 heteroatoms. The third-order valence-corrected chi connectivity index (χ3v) is 2.15. The van der Waals surface area contributed by atoms with Crippen LogP contribution in [0.4, 0.5) is 0 Å². The van der Waals surface area contributed by atoms with E-state index in [9.17, 15) is 0 Å². The van der Waals surface area contributed by atoms with Crippen LogP contribution >= 0.6 is 0 Å². The first-order valence-corrected chi connectivity index (χ1v) is 5.52. The molecule has 0 bridgehead atoms. The van der Waals surface area contributed by atoms with E-state index >= 15 is 0 Å². The van der Waals surface area contributed by atoms with Gasteiger partial charge in [0.1, 0.15) is 0 Å². The molecule has 0 aromatic carbocycles. The highest BCUT2D eigenvalue weighted by Crippen LogP contribution is 2.01. The van der Waals surface area contributed by atoms with Crippen LogP contribution in [0.1, 0.15) is 38.5 Å². The second kappa shape index (κ2) is 8.55. The second-order valence-electron chi connectivity index (χ2n) is 3.45. The van der Waals surface area contributed by atoms with E-state index in [0.29, 0.717) is 0 Å². The molecule has 1 rings (SSSR count). The van der Waals surface area contributed by atoms with Crippen molar-refractivity contribution in [3.63, 3.8) is 0 Å². The molecule has 0 aromatic heterocycles. The van der Waals surface area contributed by atoms with E-state index in [1.54, 1.807) is 0 Å². The molecule has 14 heavy (non-hydrogen) atoms. The zero-order chi connectivity index (χ0) is 9.90. The molecule has 0 fully saturated rings. The Morgan fingerprint density at radius 2 is 1.57 bits per heavy atom. The lowest BCUT2D eigenvalue weighted by Crippen LogP contribution is -1.71. The summed E-state index contributed by atoms with van der Waals surface area (Å²) in [4.78, 5) is 0. The first kappa shape index (κ1) is 11.0. The highest BCUT2D eigenvalue weighted by Gasteiger charge is 1.82. The van der Waals surface area contributed by atoms with Gasteiger partial charge in [-0.1, -0.05) is 42.5 Å². The molecule has 0 N–H and O–H groups in total. The normalized spacial score (nSPS) is 28.6. The Balaban J connectivity index is 2.34. The highest BCUT2D eigenvalue weighted by atomic mass is 13.9. The molecule has 75 valence electrons. The van der Waals surface area contributed by atoms with Gasteiger partial charge >= 0.3 is 0 Å². The summed E-state index contributed by atoms with van der Waals surface area (Å²) in [7, 11) is 0. The molecule has 0 amide bonds. The van der Waals surface area contributed by atoms with Crippen molar-refractivity contribution in [3.05, 3.63) is 48.6 Å². The van der Waals surface area contributed by atoms with E-state index in [-0.39, 0.29) is 0 Å². The van der Waals surface area contributed by atoms with E-state index < -0.39 is 0 Å². The van der Waals surface area contributed by atoms with Gasteiger partial charge in [-0.2, -0.15) is 0 Å². The van der Waals surface area contributed by atoms with E-state index in [4.69, 9.17) is 0 Å². The fraction of sp³-hybridized carbons (Fsp3) is 0.429. The number of allylic oxidation sites excluding steroid dienone is 8. The summed E-state index contributed by atoms with van der Waals surface area (Å²) in [6.45, 7) is 0. The molecule has 0 spiro atoms. The van der Waals surface area contributed by atoms with Gasteiger partial charge in [-0.15, -0.1) is 0 Å². The Labute approximate surface area is 87.7 Å². The quantitative estimate of drug-likeness (QED) is 0.494. The van der Waals surface area contributed by atoms with E-state index in [0.717, 1.165) is 12.8 Å². The standard InChI is InChI=1S/C14H19/c1-2-4-6-8-10-12-14-13-11-9-7-5-3-1/h1-3,6,8,13-14H,4,7,9-12H2/b2-1-,5-3?,8-6-,14-13-. The summed E-state index contributed by atoms with van der Waals surface area (Å²) in [5.74, 6) is 0. The summed E-state index contributed by atoms with van der Waals surface area (Å²) >= 11 is 0. The van der Waals surface area contributed by atoms with Crippen molar-refractivity contribution in [1.82, 2.24) is 0 Å². The topological polar surface area (TPSA) is 0 Å². The summed E-state index contributed by atoms with van der Waals surface area (Å²) in [5.41, 5.74) is 0. The molecule has 0 aromatic rings. The second-order valence-corrected chi connectivity index (χ2v) is 3.45. The minimum atomic E-state index is 1.04. The van der Waals surface area contributed by atoms with Crippen LogP contribution in [0.15, 0.2) is 42.5 Å². The van der Waals surface area contributed by atoms with Crippen LogP contribution < -0.4 is 0 Å². The van der Waals surface area contributed by atoms with Gasteiger partial charge < -0.3 is 0 Å². The highest BCUT2D eigenvalue weighted by molar-refractivity contribution is 5.03. The Morgan fingerprint density at radius 1 is 0.786 bits per heavy atom. The number of hydrogen-bond acceptors (Lipinski definition) is 0. The van der Waals surface area contributed by atoms with Crippen LogP contribution in [0.2, 0.25) is 0 Å². The van der Waals surface area contributed by atoms with Crippen LogP contribution in [0.3, 0.4) is 0 Å². The zero-order valence-electron chi connectivity index (χ0n) is 8.78. The Hall–Kier alpha value is -1.04. The predicted molar refractivity (Wildman–Crippen MR) is 62.9 cm³/mol. The molecule has 0 unspecified atom stereocenters. The van der Waals surface area contributed by atoms with E-state index in [1.807, 2.05) is 6.08 Å². The van der Waals surface area contributed by atoms with E-state index in [2.05, 4.69) is 42.5 Å². The van der Waals surface area contributed by atoms with Gasteiger partial charge in [-0.25, -0.2) is 0 Å². The van der Waals surface area contributed by atoms with Crippen LogP contribution in [0.25, 0.3) is 0 Å². The largest absolute Gasteiger partial charge is 0.0885 e. The summed E-state index contributed by atoms with van der Waals surface area (Å²) in [6.07, 6.45) is 25.5. The van der Waals surface area contributed by atoms with Crippen molar-refractivity contribution in [3.8, 4) is 0 Å². The van der Waals surface area contributed by atoms with Crippen molar-refractivity contribution >= 4 is 0 Å². The molecule has 0 aliphatic heterocycles. The molecule has 0 saturated heterocycles. The van der Waals surface area contributed by atoms with Crippen LogP contribution in [0, 0.1) is 6.08 Å². The average molecular weight is 187 g/mol. The zero-order valence-corrected chi connectivity index (χ0v) is 8.78. The van der Waals surface area contributed by atoms with Crippen molar-refractivity contribution in [2.24, 2.45) is 0 Å². The predicted octanol–water partition coefficient (Wildman–Crippen LogP) is 4.37. The molecular weight excluding hydrogens is 168 g/mol. The molecule has 1 radical (unpaired) electrons. The minimum Gasteiger partial charge on any atom is -0.0885 e.